The van der Waals surface area contributed by atoms with Crippen LogP contribution in [0.3, 0.4) is 0 Å². The summed E-state index contributed by atoms with van der Waals surface area (Å²) in [5.41, 5.74) is 6.40. The van der Waals surface area contributed by atoms with Crippen molar-refractivity contribution in [1.82, 2.24) is 0 Å². The average Bonchev–Trinajstić information content (AvgIpc) is 2.01. The summed E-state index contributed by atoms with van der Waals surface area (Å²) < 4.78 is 26.4. The van der Waals surface area contributed by atoms with Crippen LogP contribution in [0, 0.1) is 11.6 Å². The third-order valence-electron chi connectivity index (χ3n) is 1.94. The zero-order chi connectivity index (χ0) is 10.7. The van der Waals surface area contributed by atoms with E-state index < -0.39 is 17.7 Å². The third kappa shape index (κ3) is 2.39. The van der Waals surface area contributed by atoms with Gasteiger partial charge in [-0.2, -0.15) is 0 Å². The van der Waals surface area contributed by atoms with Gasteiger partial charge in [-0.1, -0.05) is 11.6 Å². The highest BCUT2D eigenvalue weighted by molar-refractivity contribution is 5.24. The monoisotopic (exact) mass is 197 g/mol. The van der Waals surface area contributed by atoms with E-state index in [4.69, 9.17) is 5.73 Å². The normalized spacial score (nSPS) is 12.6. The van der Waals surface area contributed by atoms with Crippen LogP contribution in [0.5, 0.6) is 0 Å². The van der Waals surface area contributed by atoms with Gasteiger partial charge >= 0.3 is 0 Å². The average molecular weight is 197 g/mol. The van der Waals surface area contributed by atoms with E-state index >= 15 is 0 Å². The van der Waals surface area contributed by atoms with Crippen LogP contribution >= 0.6 is 0 Å². The van der Waals surface area contributed by atoms with Gasteiger partial charge in [0.05, 0.1) is 0 Å². The molecule has 2 N–H and O–H groups in total. The number of rotatable bonds is 3. The fourth-order valence-electron chi connectivity index (χ4n) is 1.34. The molecular formula is C11H13F2N. The summed E-state index contributed by atoms with van der Waals surface area (Å²) in [4.78, 5) is 0. The van der Waals surface area contributed by atoms with Gasteiger partial charge in [0.2, 0.25) is 0 Å². The summed E-state index contributed by atoms with van der Waals surface area (Å²) in [6.07, 6.45) is 0.387. The summed E-state index contributed by atoms with van der Waals surface area (Å²) in [6.45, 7) is 5.43. The van der Waals surface area contributed by atoms with Crippen molar-refractivity contribution in [2.24, 2.45) is 5.73 Å². The highest BCUT2D eigenvalue weighted by Gasteiger charge is 2.15. The lowest BCUT2D eigenvalue weighted by Crippen LogP contribution is -2.14. The van der Waals surface area contributed by atoms with E-state index in [0.29, 0.717) is 6.42 Å². The highest BCUT2D eigenvalue weighted by Crippen LogP contribution is 2.23. The third-order valence-corrected chi connectivity index (χ3v) is 1.94. The van der Waals surface area contributed by atoms with Gasteiger partial charge in [-0.05, 0) is 25.5 Å². The predicted molar refractivity (Wildman–Crippen MR) is 52.7 cm³/mol. The maximum Gasteiger partial charge on any atom is 0.130 e. The summed E-state index contributed by atoms with van der Waals surface area (Å²) in [5.74, 6) is -1.20. The number of hydrogen-bond acceptors (Lipinski definition) is 1. The van der Waals surface area contributed by atoms with Crippen molar-refractivity contribution in [2.45, 2.75) is 19.4 Å². The van der Waals surface area contributed by atoms with E-state index in [1.54, 1.807) is 6.92 Å². The molecule has 0 bridgehead atoms. The molecule has 0 aliphatic rings. The molecule has 1 aromatic rings. The van der Waals surface area contributed by atoms with Crippen LogP contribution in [0.1, 0.15) is 24.9 Å². The van der Waals surface area contributed by atoms with E-state index in [1.165, 1.54) is 18.2 Å². The maximum absolute atomic E-state index is 13.2. The summed E-state index contributed by atoms with van der Waals surface area (Å²) in [6, 6.07) is 3.07. The van der Waals surface area contributed by atoms with Gasteiger partial charge < -0.3 is 5.73 Å². The standard InChI is InChI=1S/C11H13F2N/c1-7(2)6-10(14)11-8(12)4-3-5-9(11)13/h3-5,10H,1,6,14H2,2H3/t10-/m1/s1. The lowest BCUT2D eigenvalue weighted by molar-refractivity contribution is 0.524. The van der Waals surface area contributed by atoms with Gasteiger partial charge in [-0.15, -0.1) is 6.58 Å². The Kier molecular flexibility index (Phi) is 3.36. The Balaban J connectivity index is 2.99. The first kappa shape index (κ1) is 10.9. The molecule has 1 rings (SSSR count). The molecule has 76 valence electrons. The zero-order valence-electron chi connectivity index (χ0n) is 8.06. The molecule has 1 nitrogen and oxygen atoms in total. The van der Waals surface area contributed by atoms with Crippen LogP contribution in [0.4, 0.5) is 8.78 Å². The van der Waals surface area contributed by atoms with Crippen LogP contribution in [0.2, 0.25) is 0 Å². The van der Waals surface area contributed by atoms with Crippen LogP contribution in [0.25, 0.3) is 0 Å². The number of nitrogens with two attached hydrogens (primary N) is 1. The Morgan fingerprint density at radius 3 is 2.36 bits per heavy atom. The SMILES string of the molecule is C=C(C)C[C@@H](N)c1c(F)cccc1F. The lowest BCUT2D eigenvalue weighted by atomic mass is 10.0. The molecule has 1 aromatic carbocycles. The van der Waals surface area contributed by atoms with Crippen molar-refractivity contribution in [1.29, 1.82) is 0 Å². The van der Waals surface area contributed by atoms with Crippen molar-refractivity contribution in [3.8, 4) is 0 Å². The van der Waals surface area contributed by atoms with Crippen molar-refractivity contribution in [2.75, 3.05) is 0 Å². The second-order valence-electron chi connectivity index (χ2n) is 3.40. The fraction of sp³-hybridized carbons (Fsp3) is 0.273. The lowest BCUT2D eigenvalue weighted by Gasteiger charge is -2.13. The summed E-state index contributed by atoms with van der Waals surface area (Å²) >= 11 is 0. The van der Waals surface area contributed by atoms with Crippen molar-refractivity contribution >= 4 is 0 Å². The molecule has 0 heterocycles. The second kappa shape index (κ2) is 4.33. The molecular weight excluding hydrogens is 184 g/mol. The van der Waals surface area contributed by atoms with Crippen molar-refractivity contribution in [3.05, 3.63) is 47.5 Å². The van der Waals surface area contributed by atoms with Gasteiger partial charge in [0.1, 0.15) is 11.6 Å². The van der Waals surface area contributed by atoms with Crippen LogP contribution in [-0.4, -0.2) is 0 Å². The van der Waals surface area contributed by atoms with E-state index in [-0.39, 0.29) is 5.56 Å². The Morgan fingerprint density at radius 1 is 1.43 bits per heavy atom. The van der Waals surface area contributed by atoms with Crippen LogP contribution < -0.4 is 5.73 Å². The first-order chi connectivity index (χ1) is 6.52. The Bertz CT molecular complexity index is 327. The topological polar surface area (TPSA) is 26.0 Å². The molecule has 0 aliphatic carbocycles. The minimum absolute atomic E-state index is 0.0597. The van der Waals surface area contributed by atoms with Crippen LogP contribution in [0.15, 0.2) is 30.4 Å². The first-order valence-electron chi connectivity index (χ1n) is 4.36. The van der Waals surface area contributed by atoms with Crippen molar-refractivity contribution < 1.29 is 8.78 Å². The molecule has 0 spiro atoms. The Labute approximate surface area is 82.2 Å². The Morgan fingerprint density at radius 2 is 1.93 bits per heavy atom. The van der Waals surface area contributed by atoms with Gasteiger partial charge in [0.25, 0.3) is 0 Å². The molecule has 0 amide bonds. The molecule has 0 fully saturated rings. The quantitative estimate of drug-likeness (QED) is 0.741. The second-order valence-corrected chi connectivity index (χ2v) is 3.40. The molecule has 3 heteroatoms. The van der Waals surface area contributed by atoms with E-state index in [9.17, 15) is 8.78 Å². The van der Waals surface area contributed by atoms with Crippen LogP contribution in [-0.2, 0) is 0 Å². The molecule has 1 atom stereocenters. The molecule has 0 aromatic heterocycles. The van der Waals surface area contributed by atoms with E-state index in [1.807, 2.05) is 0 Å². The minimum atomic E-state index is -0.659. The number of halogens is 2. The molecule has 0 saturated heterocycles. The number of benzene rings is 1. The van der Waals surface area contributed by atoms with E-state index in [0.717, 1.165) is 5.57 Å². The molecule has 0 aliphatic heterocycles. The fourth-order valence-corrected chi connectivity index (χ4v) is 1.34. The summed E-state index contributed by atoms with van der Waals surface area (Å²) in [5, 5.41) is 0. The number of hydrogen-bond donors (Lipinski definition) is 1. The molecule has 0 saturated carbocycles. The van der Waals surface area contributed by atoms with Gasteiger partial charge in [-0.3, -0.25) is 0 Å². The molecule has 14 heavy (non-hydrogen) atoms. The minimum Gasteiger partial charge on any atom is -0.324 e. The largest absolute Gasteiger partial charge is 0.324 e. The first-order valence-corrected chi connectivity index (χ1v) is 4.36. The van der Waals surface area contributed by atoms with E-state index in [2.05, 4.69) is 6.58 Å². The highest BCUT2D eigenvalue weighted by atomic mass is 19.1. The zero-order valence-corrected chi connectivity index (χ0v) is 8.06. The predicted octanol–water partition coefficient (Wildman–Crippen LogP) is 2.93. The molecule has 0 radical (unpaired) electrons. The smallest absolute Gasteiger partial charge is 0.130 e. The van der Waals surface area contributed by atoms with Crippen molar-refractivity contribution in [3.63, 3.8) is 0 Å². The van der Waals surface area contributed by atoms with Gasteiger partial charge in [-0.25, -0.2) is 8.78 Å². The Hall–Kier alpha value is -1.22. The molecule has 0 unspecified atom stereocenters. The maximum atomic E-state index is 13.2. The van der Waals surface area contributed by atoms with Gasteiger partial charge in [0, 0.05) is 11.6 Å². The van der Waals surface area contributed by atoms with Gasteiger partial charge in [0.15, 0.2) is 0 Å². The summed E-state index contributed by atoms with van der Waals surface area (Å²) in [7, 11) is 0.